The molecule has 0 bridgehead atoms. The fraction of sp³-hybridized carbons (Fsp3) is 0. The van der Waals surface area contributed by atoms with E-state index >= 15 is 0 Å². The predicted molar refractivity (Wildman–Crippen MR) is 112 cm³/mol. The van der Waals surface area contributed by atoms with Crippen LogP contribution >= 0.6 is 0 Å². The minimum atomic E-state index is 0.690. The molecule has 6 rings (SSSR count). The molecule has 0 atom stereocenters. The third-order valence-electron chi connectivity index (χ3n) is 5.53. The molecule has 0 N–H and O–H groups in total. The maximum absolute atomic E-state index is 9.56. The average molecular weight is 342 g/mol. The van der Waals surface area contributed by atoms with Crippen molar-refractivity contribution < 1.29 is 0 Å². The van der Waals surface area contributed by atoms with Gasteiger partial charge in [-0.05, 0) is 40.4 Å². The maximum Gasteiger partial charge on any atom is 0.0992 e. The van der Waals surface area contributed by atoms with Gasteiger partial charge in [0.25, 0.3) is 0 Å². The van der Waals surface area contributed by atoms with Crippen LogP contribution in [0.2, 0.25) is 0 Å². The third-order valence-corrected chi connectivity index (χ3v) is 5.53. The molecule has 0 radical (unpaired) electrons. The molecule has 0 amide bonds. The summed E-state index contributed by atoms with van der Waals surface area (Å²) in [5.41, 5.74) is 4.11. The molecule has 0 aliphatic rings. The summed E-state index contributed by atoms with van der Waals surface area (Å²) in [6, 6.07) is 31.9. The van der Waals surface area contributed by atoms with Gasteiger partial charge in [-0.3, -0.25) is 0 Å². The number of hydrogen-bond acceptors (Lipinski definition) is 1. The largest absolute Gasteiger partial charge is 0.309 e. The highest BCUT2D eigenvalue weighted by atomic mass is 15.0. The minimum absolute atomic E-state index is 0.690. The van der Waals surface area contributed by atoms with Crippen molar-refractivity contribution in [2.45, 2.75) is 0 Å². The highest BCUT2D eigenvalue weighted by Crippen LogP contribution is 2.40. The Labute approximate surface area is 155 Å². The third kappa shape index (κ3) is 1.83. The van der Waals surface area contributed by atoms with Gasteiger partial charge in [-0.25, -0.2) is 0 Å². The molecule has 0 spiro atoms. The second kappa shape index (κ2) is 5.09. The Morgan fingerprint density at radius 2 is 1.37 bits per heavy atom. The smallest absolute Gasteiger partial charge is 0.0992 e. The van der Waals surface area contributed by atoms with Gasteiger partial charge in [0, 0.05) is 16.2 Å². The molecule has 0 aliphatic heterocycles. The van der Waals surface area contributed by atoms with Crippen LogP contribution in [0.1, 0.15) is 5.56 Å². The van der Waals surface area contributed by atoms with Crippen LogP contribution in [0.25, 0.3) is 49.0 Å². The van der Waals surface area contributed by atoms with Crippen LogP contribution in [0.4, 0.5) is 0 Å². The Morgan fingerprint density at radius 3 is 2.30 bits per heavy atom. The molecular weight excluding hydrogens is 328 g/mol. The van der Waals surface area contributed by atoms with Gasteiger partial charge in [-0.2, -0.15) is 5.26 Å². The molecular formula is C25H14N2. The zero-order valence-corrected chi connectivity index (χ0v) is 14.5. The summed E-state index contributed by atoms with van der Waals surface area (Å²) in [5, 5.41) is 16.8. The molecule has 27 heavy (non-hydrogen) atoms. The van der Waals surface area contributed by atoms with Crippen molar-refractivity contribution in [2.75, 3.05) is 0 Å². The van der Waals surface area contributed by atoms with E-state index in [-0.39, 0.29) is 0 Å². The lowest BCUT2D eigenvalue weighted by Crippen LogP contribution is -1.95. The van der Waals surface area contributed by atoms with Gasteiger partial charge in [0.1, 0.15) is 0 Å². The molecule has 0 saturated heterocycles. The van der Waals surface area contributed by atoms with Crippen molar-refractivity contribution in [3.05, 3.63) is 90.5 Å². The van der Waals surface area contributed by atoms with Crippen LogP contribution in [-0.2, 0) is 0 Å². The summed E-state index contributed by atoms with van der Waals surface area (Å²) >= 11 is 0. The molecule has 0 aliphatic carbocycles. The molecule has 0 unspecified atom stereocenters. The fourth-order valence-corrected chi connectivity index (χ4v) is 4.42. The van der Waals surface area contributed by atoms with E-state index in [1.54, 1.807) is 0 Å². The van der Waals surface area contributed by atoms with Gasteiger partial charge in [0.15, 0.2) is 0 Å². The van der Waals surface area contributed by atoms with Crippen LogP contribution in [0.15, 0.2) is 84.9 Å². The van der Waals surface area contributed by atoms with E-state index in [9.17, 15) is 5.26 Å². The molecule has 5 aromatic carbocycles. The predicted octanol–water partition coefficient (Wildman–Crippen LogP) is 6.40. The zero-order chi connectivity index (χ0) is 18.0. The van der Waals surface area contributed by atoms with Crippen molar-refractivity contribution in [3.63, 3.8) is 0 Å². The van der Waals surface area contributed by atoms with Crippen molar-refractivity contribution >= 4 is 43.4 Å². The highest BCUT2D eigenvalue weighted by Gasteiger charge is 2.18. The van der Waals surface area contributed by atoms with E-state index in [1.165, 1.54) is 32.4 Å². The van der Waals surface area contributed by atoms with Crippen LogP contribution in [0.5, 0.6) is 0 Å². The maximum atomic E-state index is 9.56. The van der Waals surface area contributed by atoms with E-state index in [0.29, 0.717) is 5.56 Å². The number of aromatic nitrogens is 1. The first-order valence-corrected chi connectivity index (χ1v) is 9.03. The van der Waals surface area contributed by atoms with E-state index in [1.807, 2.05) is 12.1 Å². The van der Waals surface area contributed by atoms with Crippen molar-refractivity contribution in [1.29, 1.82) is 5.26 Å². The number of fused-ring (bicyclic) bond motifs is 1. The summed E-state index contributed by atoms with van der Waals surface area (Å²) in [6.45, 7) is 0. The Bertz CT molecular complexity index is 1520. The van der Waals surface area contributed by atoms with Gasteiger partial charge >= 0.3 is 0 Å². The Kier molecular flexibility index (Phi) is 2.71. The topological polar surface area (TPSA) is 28.7 Å². The Balaban J connectivity index is 1.92. The van der Waals surface area contributed by atoms with Gasteiger partial charge in [0.05, 0.1) is 28.4 Å². The van der Waals surface area contributed by atoms with Crippen LogP contribution < -0.4 is 0 Å². The monoisotopic (exact) mass is 342 g/mol. The second-order valence-corrected chi connectivity index (χ2v) is 6.98. The first-order chi connectivity index (χ1) is 13.3. The van der Waals surface area contributed by atoms with Crippen LogP contribution in [0, 0.1) is 11.3 Å². The van der Waals surface area contributed by atoms with Gasteiger partial charge in [-0.15, -0.1) is 0 Å². The van der Waals surface area contributed by atoms with Crippen molar-refractivity contribution in [1.82, 2.24) is 4.57 Å². The lowest BCUT2D eigenvalue weighted by molar-refractivity contribution is 1.20. The number of hydrogen-bond donors (Lipinski definition) is 0. The summed E-state index contributed by atoms with van der Waals surface area (Å²) in [4.78, 5) is 0. The van der Waals surface area contributed by atoms with Crippen LogP contribution in [0.3, 0.4) is 0 Å². The Hall–Kier alpha value is -3.83. The van der Waals surface area contributed by atoms with Gasteiger partial charge in [0.2, 0.25) is 0 Å². The Morgan fingerprint density at radius 1 is 0.630 bits per heavy atom. The molecule has 0 saturated carbocycles. The van der Waals surface area contributed by atoms with Gasteiger partial charge < -0.3 is 4.57 Å². The number of benzene rings is 5. The molecule has 2 heteroatoms. The summed E-state index contributed by atoms with van der Waals surface area (Å²) in [5.74, 6) is 0. The molecule has 2 nitrogen and oxygen atoms in total. The summed E-state index contributed by atoms with van der Waals surface area (Å²) < 4.78 is 2.31. The normalized spacial score (nSPS) is 11.7. The fourth-order valence-electron chi connectivity index (χ4n) is 4.42. The van der Waals surface area contributed by atoms with Gasteiger partial charge in [-0.1, -0.05) is 60.7 Å². The lowest BCUT2D eigenvalue weighted by Gasteiger charge is -2.11. The second-order valence-electron chi connectivity index (χ2n) is 6.98. The molecule has 124 valence electrons. The number of nitriles is 1. The summed E-state index contributed by atoms with van der Waals surface area (Å²) in [6.07, 6.45) is 0. The zero-order valence-electron chi connectivity index (χ0n) is 14.5. The lowest BCUT2D eigenvalue weighted by atomic mass is 10.0. The standard InChI is InChI=1S/C25H14N2/c26-15-16-13-19-12-11-18-7-4-10-22-24(18)25(19)23(14-16)27(22)21-9-3-6-17-5-1-2-8-20(17)21/h1-14H. The first kappa shape index (κ1) is 14.4. The number of rotatable bonds is 1. The van der Waals surface area contributed by atoms with Crippen LogP contribution in [-0.4, -0.2) is 4.57 Å². The average Bonchev–Trinajstić information content (AvgIpc) is 3.06. The van der Waals surface area contributed by atoms with E-state index in [4.69, 9.17) is 0 Å². The van der Waals surface area contributed by atoms with E-state index < -0.39 is 0 Å². The van der Waals surface area contributed by atoms with E-state index in [0.717, 1.165) is 16.6 Å². The summed E-state index contributed by atoms with van der Waals surface area (Å²) in [7, 11) is 0. The van der Waals surface area contributed by atoms with Crippen molar-refractivity contribution in [3.8, 4) is 11.8 Å². The van der Waals surface area contributed by atoms with Crippen molar-refractivity contribution in [2.24, 2.45) is 0 Å². The molecule has 1 heterocycles. The molecule has 1 aromatic heterocycles. The minimum Gasteiger partial charge on any atom is -0.309 e. The number of nitrogens with zero attached hydrogens (tertiary/aromatic N) is 2. The highest BCUT2D eigenvalue weighted by molar-refractivity contribution is 6.24. The molecule has 0 fully saturated rings. The van der Waals surface area contributed by atoms with E-state index in [2.05, 4.69) is 83.4 Å². The SMILES string of the molecule is N#Cc1cc2ccc3cccc4c3c2c(c1)n4-c1cccc2ccccc12. The first-order valence-electron chi connectivity index (χ1n) is 9.03. The molecule has 6 aromatic rings. The quantitative estimate of drug-likeness (QED) is 0.318.